The summed E-state index contributed by atoms with van der Waals surface area (Å²) in [6, 6.07) is 12.3. The molecule has 3 rings (SSSR count). The summed E-state index contributed by atoms with van der Waals surface area (Å²) in [4.78, 5) is 26.1. The molecule has 5 heteroatoms. The number of amides is 2. The Morgan fingerprint density at radius 2 is 1.81 bits per heavy atom. The van der Waals surface area contributed by atoms with Crippen LogP contribution in [0.4, 0.5) is 10.1 Å². The van der Waals surface area contributed by atoms with Crippen molar-refractivity contribution in [1.29, 1.82) is 0 Å². The van der Waals surface area contributed by atoms with Gasteiger partial charge < -0.3 is 10.2 Å². The third-order valence-corrected chi connectivity index (χ3v) is 3.40. The van der Waals surface area contributed by atoms with Gasteiger partial charge in [0.2, 0.25) is 0 Å². The first kappa shape index (κ1) is 13.3. The van der Waals surface area contributed by atoms with Crippen molar-refractivity contribution in [2.45, 2.75) is 0 Å². The molecular formula is C16H13FN2O2. The number of rotatable bonds is 1. The van der Waals surface area contributed by atoms with Crippen molar-refractivity contribution in [3.05, 3.63) is 65.5 Å². The van der Waals surface area contributed by atoms with Gasteiger partial charge >= 0.3 is 0 Å². The summed E-state index contributed by atoms with van der Waals surface area (Å²) in [5.41, 5.74) is 1.42. The summed E-state index contributed by atoms with van der Waals surface area (Å²) >= 11 is 0. The maximum absolute atomic E-state index is 13.0. The third kappa shape index (κ3) is 2.50. The number of hydrogen-bond donors (Lipinski definition) is 1. The second-order valence-electron chi connectivity index (χ2n) is 4.74. The maximum atomic E-state index is 13.0. The van der Waals surface area contributed by atoms with Gasteiger partial charge in [0.25, 0.3) is 11.8 Å². The van der Waals surface area contributed by atoms with Gasteiger partial charge in [-0.15, -0.1) is 0 Å². The van der Waals surface area contributed by atoms with E-state index in [9.17, 15) is 14.0 Å². The van der Waals surface area contributed by atoms with Crippen LogP contribution in [0.15, 0.2) is 48.5 Å². The summed E-state index contributed by atoms with van der Waals surface area (Å²) in [6.45, 7) is 0.749. The van der Waals surface area contributed by atoms with Gasteiger partial charge in [-0.3, -0.25) is 9.59 Å². The fourth-order valence-electron chi connectivity index (χ4n) is 2.36. The highest BCUT2D eigenvalue weighted by molar-refractivity contribution is 6.11. The van der Waals surface area contributed by atoms with Crippen molar-refractivity contribution in [2.24, 2.45) is 0 Å². The fourth-order valence-corrected chi connectivity index (χ4v) is 2.36. The Hall–Kier alpha value is -2.69. The van der Waals surface area contributed by atoms with E-state index in [0.29, 0.717) is 29.9 Å². The Kier molecular flexibility index (Phi) is 3.39. The van der Waals surface area contributed by atoms with Crippen LogP contribution in [0.1, 0.15) is 20.7 Å². The number of benzene rings is 2. The molecule has 1 heterocycles. The second-order valence-corrected chi connectivity index (χ2v) is 4.74. The quantitative estimate of drug-likeness (QED) is 0.873. The molecule has 0 fully saturated rings. The third-order valence-electron chi connectivity index (χ3n) is 3.40. The average Bonchev–Trinajstić information content (AvgIpc) is 2.67. The van der Waals surface area contributed by atoms with E-state index in [2.05, 4.69) is 5.32 Å². The van der Waals surface area contributed by atoms with Crippen LogP contribution in [0, 0.1) is 5.82 Å². The Bertz CT molecular complexity index is 698. The van der Waals surface area contributed by atoms with Gasteiger partial charge in [0, 0.05) is 18.7 Å². The Morgan fingerprint density at radius 1 is 1.10 bits per heavy atom. The van der Waals surface area contributed by atoms with Gasteiger partial charge in [0.05, 0.1) is 11.3 Å². The lowest BCUT2D eigenvalue weighted by atomic mass is 10.1. The molecule has 0 saturated carbocycles. The van der Waals surface area contributed by atoms with Gasteiger partial charge in [-0.05, 0) is 36.4 Å². The number of carbonyl (C=O) groups excluding carboxylic acids is 2. The van der Waals surface area contributed by atoms with E-state index < -0.39 is 0 Å². The maximum Gasteiger partial charge on any atom is 0.258 e. The molecule has 1 N–H and O–H groups in total. The van der Waals surface area contributed by atoms with E-state index in [1.165, 1.54) is 24.3 Å². The molecule has 2 aromatic rings. The number of hydrogen-bond acceptors (Lipinski definition) is 2. The number of nitrogens with zero attached hydrogens (tertiary/aromatic N) is 1. The lowest BCUT2D eigenvalue weighted by Crippen LogP contribution is -2.35. The van der Waals surface area contributed by atoms with Crippen molar-refractivity contribution in [2.75, 3.05) is 18.0 Å². The van der Waals surface area contributed by atoms with Crippen molar-refractivity contribution in [3.8, 4) is 0 Å². The van der Waals surface area contributed by atoms with E-state index in [-0.39, 0.29) is 17.6 Å². The molecule has 0 aromatic heterocycles. The lowest BCUT2D eigenvalue weighted by Gasteiger charge is -2.22. The molecule has 0 atom stereocenters. The Balaban J connectivity index is 2.01. The monoisotopic (exact) mass is 284 g/mol. The molecule has 2 aromatic carbocycles. The van der Waals surface area contributed by atoms with Gasteiger partial charge in [0.15, 0.2) is 0 Å². The first-order chi connectivity index (χ1) is 10.2. The van der Waals surface area contributed by atoms with Crippen LogP contribution in [0.5, 0.6) is 0 Å². The van der Waals surface area contributed by atoms with Crippen LogP contribution in [0.2, 0.25) is 0 Å². The highest BCUT2D eigenvalue weighted by atomic mass is 19.1. The minimum atomic E-state index is -0.389. The van der Waals surface area contributed by atoms with E-state index in [4.69, 9.17) is 0 Å². The van der Waals surface area contributed by atoms with Gasteiger partial charge in [-0.2, -0.15) is 0 Å². The standard InChI is InChI=1S/C16H13FN2O2/c17-12-7-5-11(6-8-12)16(21)19-10-9-18-15(20)13-3-1-2-4-14(13)19/h1-8H,9-10H2,(H,18,20). The fraction of sp³-hybridized carbons (Fsp3) is 0.125. The summed E-state index contributed by atoms with van der Waals surface area (Å²) in [6.07, 6.45) is 0. The molecule has 0 bridgehead atoms. The minimum absolute atomic E-state index is 0.194. The molecule has 2 amide bonds. The van der Waals surface area contributed by atoms with Crippen LogP contribution >= 0.6 is 0 Å². The van der Waals surface area contributed by atoms with Gasteiger partial charge in [-0.25, -0.2) is 4.39 Å². The van der Waals surface area contributed by atoms with E-state index in [1.807, 2.05) is 0 Å². The first-order valence-electron chi connectivity index (χ1n) is 6.61. The van der Waals surface area contributed by atoms with Gasteiger partial charge in [0.1, 0.15) is 5.82 Å². The molecule has 1 aliphatic rings. The number of halogens is 1. The molecule has 0 unspecified atom stereocenters. The summed E-state index contributed by atoms with van der Waals surface area (Å²) in [7, 11) is 0. The van der Waals surface area contributed by atoms with Crippen molar-refractivity contribution >= 4 is 17.5 Å². The van der Waals surface area contributed by atoms with Crippen LogP contribution in [-0.4, -0.2) is 24.9 Å². The van der Waals surface area contributed by atoms with E-state index in [1.54, 1.807) is 29.2 Å². The van der Waals surface area contributed by atoms with Crippen molar-refractivity contribution in [1.82, 2.24) is 5.32 Å². The van der Waals surface area contributed by atoms with Crippen LogP contribution < -0.4 is 10.2 Å². The molecule has 0 aliphatic carbocycles. The van der Waals surface area contributed by atoms with Gasteiger partial charge in [-0.1, -0.05) is 12.1 Å². The highest BCUT2D eigenvalue weighted by Gasteiger charge is 2.25. The predicted molar refractivity (Wildman–Crippen MR) is 76.9 cm³/mol. The average molecular weight is 284 g/mol. The molecule has 21 heavy (non-hydrogen) atoms. The molecule has 0 saturated heterocycles. The highest BCUT2D eigenvalue weighted by Crippen LogP contribution is 2.24. The lowest BCUT2D eigenvalue weighted by molar-refractivity contribution is 0.0953. The summed E-state index contributed by atoms with van der Waals surface area (Å²) < 4.78 is 13.0. The first-order valence-corrected chi connectivity index (χ1v) is 6.61. The second kappa shape index (κ2) is 5.36. The number of nitrogens with one attached hydrogen (secondary N) is 1. The molecule has 1 aliphatic heterocycles. The minimum Gasteiger partial charge on any atom is -0.350 e. The molecule has 0 spiro atoms. The van der Waals surface area contributed by atoms with Crippen molar-refractivity contribution in [3.63, 3.8) is 0 Å². The number of carbonyl (C=O) groups is 2. The zero-order chi connectivity index (χ0) is 14.8. The topological polar surface area (TPSA) is 49.4 Å². The molecular weight excluding hydrogens is 271 g/mol. The molecule has 106 valence electrons. The Labute approximate surface area is 121 Å². The Morgan fingerprint density at radius 3 is 2.57 bits per heavy atom. The summed E-state index contributed by atoms with van der Waals surface area (Å²) in [5, 5.41) is 2.75. The largest absolute Gasteiger partial charge is 0.350 e. The zero-order valence-corrected chi connectivity index (χ0v) is 11.2. The van der Waals surface area contributed by atoms with Crippen molar-refractivity contribution < 1.29 is 14.0 Å². The van der Waals surface area contributed by atoms with Crippen LogP contribution in [0.25, 0.3) is 0 Å². The molecule has 4 nitrogen and oxygen atoms in total. The molecule has 0 radical (unpaired) electrons. The number of para-hydroxylation sites is 1. The summed E-state index contributed by atoms with van der Waals surface area (Å²) in [5.74, 6) is -0.835. The SMILES string of the molecule is O=C1NCCN(C(=O)c2ccc(F)cc2)c2ccccc21. The smallest absolute Gasteiger partial charge is 0.258 e. The van der Waals surface area contributed by atoms with Crippen LogP contribution in [0.3, 0.4) is 0 Å². The zero-order valence-electron chi connectivity index (χ0n) is 11.2. The predicted octanol–water partition coefficient (Wildman–Crippen LogP) is 2.22. The number of anilines is 1. The van der Waals surface area contributed by atoms with Crippen LogP contribution in [-0.2, 0) is 0 Å². The van der Waals surface area contributed by atoms with E-state index in [0.717, 1.165) is 0 Å². The van der Waals surface area contributed by atoms with E-state index >= 15 is 0 Å². The number of fused-ring (bicyclic) bond motifs is 1. The normalized spacial score (nSPS) is 14.1.